The van der Waals surface area contributed by atoms with Crippen LogP contribution in [0.4, 0.5) is 0 Å². The molecule has 0 saturated carbocycles. The summed E-state index contributed by atoms with van der Waals surface area (Å²) in [5.41, 5.74) is 0. The van der Waals surface area contributed by atoms with Crippen LogP contribution >= 0.6 is 12.4 Å². The first-order chi connectivity index (χ1) is 4.30. The molecule has 0 aromatic rings. The largest absolute Gasteiger partial charge is 0.480 e. The molecule has 5 heteroatoms. The molecule has 1 aliphatic rings. The molecular weight excluding hydrogens is 158 g/mol. The molecule has 0 aliphatic carbocycles. The maximum absolute atomic E-state index is 10.2. The van der Waals surface area contributed by atoms with Gasteiger partial charge in [-0.2, -0.15) is 0 Å². The summed E-state index contributed by atoms with van der Waals surface area (Å²) < 4.78 is 4.90. The summed E-state index contributed by atoms with van der Waals surface area (Å²) in [5, 5.41) is 11.2. The van der Waals surface area contributed by atoms with E-state index in [1.807, 2.05) is 0 Å². The van der Waals surface area contributed by atoms with Crippen molar-refractivity contribution in [1.82, 2.24) is 5.32 Å². The fourth-order valence-electron chi connectivity index (χ4n) is 0.724. The van der Waals surface area contributed by atoms with E-state index in [0.29, 0.717) is 13.2 Å². The number of rotatable bonds is 1. The van der Waals surface area contributed by atoms with Gasteiger partial charge in [0.25, 0.3) is 0 Å². The second kappa shape index (κ2) is 4.49. The van der Waals surface area contributed by atoms with E-state index < -0.39 is 12.0 Å². The Morgan fingerprint density at radius 2 is 2.40 bits per heavy atom. The standard InChI is InChI=1S/C5H9NO3.ClH/c7-5(8)4-3-9-2-1-6-4;/h4,6H,1-3H2,(H,7,8);1H/t4-;/m1./s1. The van der Waals surface area contributed by atoms with Crippen molar-refractivity contribution < 1.29 is 14.6 Å². The summed E-state index contributed by atoms with van der Waals surface area (Å²) in [5.74, 6) is -0.838. The summed E-state index contributed by atoms with van der Waals surface area (Å²) >= 11 is 0. The molecule has 1 aliphatic heterocycles. The van der Waals surface area contributed by atoms with Crippen molar-refractivity contribution in [2.75, 3.05) is 19.8 Å². The van der Waals surface area contributed by atoms with Gasteiger partial charge in [0.15, 0.2) is 0 Å². The van der Waals surface area contributed by atoms with Gasteiger partial charge in [-0.05, 0) is 0 Å². The summed E-state index contributed by atoms with van der Waals surface area (Å²) in [6, 6.07) is -0.501. The van der Waals surface area contributed by atoms with E-state index in [9.17, 15) is 4.79 Å². The molecule has 2 N–H and O–H groups in total. The van der Waals surface area contributed by atoms with Gasteiger partial charge in [0, 0.05) is 6.54 Å². The van der Waals surface area contributed by atoms with E-state index in [0.717, 1.165) is 0 Å². The van der Waals surface area contributed by atoms with E-state index >= 15 is 0 Å². The Labute approximate surface area is 65.0 Å². The molecule has 1 heterocycles. The lowest BCUT2D eigenvalue weighted by Crippen LogP contribution is -2.46. The Hall–Kier alpha value is -0.320. The SMILES string of the molecule is Cl.O=C(O)[C@H]1COCCN1. The highest BCUT2D eigenvalue weighted by Crippen LogP contribution is 1.91. The Kier molecular flexibility index (Phi) is 4.34. The first kappa shape index (κ1) is 9.68. The number of carboxylic acids is 1. The summed E-state index contributed by atoms with van der Waals surface area (Å²) in [6.07, 6.45) is 0. The van der Waals surface area contributed by atoms with Gasteiger partial charge >= 0.3 is 5.97 Å². The minimum absolute atomic E-state index is 0. The van der Waals surface area contributed by atoms with E-state index in [-0.39, 0.29) is 19.0 Å². The molecule has 1 atom stereocenters. The van der Waals surface area contributed by atoms with Crippen LogP contribution in [0.5, 0.6) is 0 Å². The van der Waals surface area contributed by atoms with E-state index in [4.69, 9.17) is 9.84 Å². The maximum atomic E-state index is 10.2. The smallest absolute Gasteiger partial charge is 0.323 e. The normalized spacial score (nSPS) is 25.0. The van der Waals surface area contributed by atoms with Crippen molar-refractivity contribution in [3.8, 4) is 0 Å². The number of halogens is 1. The maximum Gasteiger partial charge on any atom is 0.323 e. The van der Waals surface area contributed by atoms with Crippen molar-refractivity contribution in [3.63, 3.8) is 0 Å². The predicted octanol–water partition coefficient (Wildman–Crippen LogP) is -0.519. The third-order valence-electron chi connectivity index (χ3n) is 1.22. The van der Waals surface area contributed by atoms with Crippen LogP contribution in [0.1, 0.15) is 0 Å². The van der Waals surface area contributed by atoms with Crippen molar-refractivity contribution in [1.29, 1.82) is 0 Å². The number of carboxylic acid groups (broad SMARTS) is 1. The molecule has 0 radical (unpaired) electrons. The van der Waals surface area contributed by atoms with Gasteiger partial charge < -0.3 is 15.2 Å². The lowest BCUT2D eigenvalue weighted by atomic mass is 10.3. The summed E-state index contributed by atoms with van der Waals surface area (Å²) in [6.45, 7) is 1.54. The zero-order valence-electron chi connectivity index (χ0n) is 5.37. The minimum Gasteiger partial charge on any atom is -0.480 e. The quantitative estimate of drug-likeness (QED) is 0.552. The van der Waals surface area contributed by atoms with Crippen LogP contribution in [0.25, 0.3) is 0 Å². The van der Waals surface area contributed by atoms with Crippen LogP contribution in [-0.2, 0) is 9.53 Å². The molecule has 0 aromatic heterocycles. The number of aliphatic carboxylic acids is 1. The Morgan fingerprint density at radius 3 is 2.70 bits per heavy atom. The molecular formula is C5H10ClNO3. The number of ether oxygens (including phenoxy) is 1. The molecule has 0 spiro atoms. The Balaban J connectivity index is 0.000000810. The number of hydrogen-bond acceptors (Lipinski definition) is 3. The van der Waals surface area contributed by atoms with Gasteiger partial charge in [-0.1, -0.05) is 0 Å². The molecule has 0 aromatic carbocycles. The van der Waals surface area contributed by atoms with Crippen LogP contribution in [0.2, 0.25) is 0 Å². The fraction of sp³-hybridized carbons (Fsp3) is 0.800. The molecule has 1 rings (SSSR count). The second-order valence-electron chi connectivity index (χ2n) is 1.92. The van der Waals surface area contributed by atoms with Crippen molar-refractivity contribution >= 4 is 18.4 Å². The molecule has 4 nitrogen and oxygen atoms in total. The van der Waals surface area contributed by atoms with Crippen LogP contribution < -0.4 is 5.32 Å². The van der Waals surface area contributed by atoms with E-state index in [1.54, 1.807) is 0 Å². The van der Waals surface area contributed by atoms with Crippen LogP contribution in [-0.4, -0.2) is 36.9 Å². The number of hydrogen-bond donors (Lipinski definition) is 2. The van der Waals surface area contributed by atoms with Crippen molar-refractivity contribution in [2.24, 2.45) is 0 Å². The molecule has 1 fully saturated rings. The summed E-state index contributed by atoms with van der Waals surface area (Å²) in [7, 11) is 0. The van der Waals surface area contributed by atoms with E-state index in [2.05, 4.69) is 5.32 Å². The van der Waals surface area contributed by atoms with Gasteiger partial charge in [-0.15, -0.1) is 12.4 Å². The topological polar surface area (TPSA) is 58.6 Å². The lowest BCUT2D eigenvalue weighted by molar-refractivity contribution is -0.142. The van der Waals surface area contributed by atoms with Gasteiger partial charge in [0.05, 0.1) is 13.2 Å². The molecule has 0 bridgehead atoms. The zero-order valence-corrected chi connectivity index (χ0v) is 6.19. The first-order valence-electron chi connectivity index (χ1n) is 2.84. The van der Waals surface area contributed by atoms with Crippen LogP contribution in [0.3, 0.4) is 0 Å². The average Bonchev–Trinajstić information content (AvgIpc) is 1.90. The molecule has 0 amide bonds. The highest BCUT2D eigenvalue weighted by atomic mass is 35.5. The fourth-order valence-corrected chi connectivity index (χ4v) is 0.724. The van der Waals surface area contributed by atoms with Crippen molar-refractivity contribution in [2.45, 2.75) is 6.04 Å². The number of nitrogens with one attached hydrogen (secondary N) is 1. The van der Waals surface area contributed by atoms with Crippen LogP contribution in [0.15, 0.2) is 0 Å². The highest BCUT2D eigenvalue weighted by molar-refractivity contribution is 5.85. The zero-order chi connectivity index (χ0) is 6.69. The average molecular weight is 168 g/mol. The van der Waals surface area contributed by atoms with Gasteiger partial charge in [-0.3, -0.25) is 4.79 Å². The summed E-state index contributed by atoms with van der Waals surface area (Å²) in [4.78, 5) is 10.2. The van der Waals surface area contributed by atoms with Crippen molar-refractivity contribution in [3.05, 3.63) is 0 Å². The lowest BCUT2D eigenvalue weighted by Gasteiger charge is -2.19. The highest BCUT2D eigenvalue weighted by Gasteiger charge is 2.19. The molecule has 10 heavy (non-hydrogen) atoms. The monoisotopic (exact) mass is 167 g/mol. The van der Waals surface area contributed by atoms with Crippen LogP contribution in [0, 0.1) is 0 Å². The van der Waals surface area contributed by atoms with E-state index in [1.165, 1.54) is 0 Å². The van der Waals surface area contributed by atoms with Gasteiger partial charge in [-0.25, -0.2) is 0 Å². The Morgan fingerprint density at radius 1 is 1.70 bits per heavy atom. The molecule has 60 valence electrons. The van der Waals surface area contributed by atoms with Gasteiger partial charge in [0.1, 0.15) is 6.04 Å². The number of morpholine rings is 1. The third kappa shape index (κ3) is 2.51. The minimum atomic E-state index is -0.838. The first-order valence-corrected chi connectivity index (χ1v) is 2.84. The Bertz CT molecular complexity index is 113. The second-order valence-corrected chi connectivity index (χ2v) is 1.92. The number of carbonyl (C=O) groups is 1. The predicted molar refractivity (Wildman–Crippen MR) is 37.5 cm³/mol. The van der Waals surface area contributed by atoms with Gasteiger partial charge in [0.2, 0.25) is 0 Å². The molecule has 0 unspecified atom stereocenters. The molecule has 1 saturated heterocycles. The third-order valence-corrected chi connectivity index (χ3v) is 1.22.